The second kappa shape index (κ2) is 11.7. The molecule has 30 heavy (non-hydrogen) atoms. The highest BCUT2D eigenvalue weighted by atomic mass is 16.5. The molecule has 1 aromatic heterocycles. The quantitative estimate of drug-likeness (QED) is 0.454. The lowest BCUT2D eigenvalue weighted by Gasteiger charge is -2.14. The smallest absolute Gasteiger partial charge is 0.213 e. The molecule has 0 aliphatic heterocycles. The van der Waals surface area contributed by atoms with Gasteiger partial charge in [0.25, 0.3) is 0 Å². The Morgan fingerprint density at radius 1 is 1.00 bits per heavy atom. The summed E-state index contributed by atoms with van der Waals surface area (Å²) in [6, 6.07) is 7.65. The standard InChI is InChI=1S/C22H32N4O4/c1-7-23-22(25-13-16-8-9-20(24-12-16)30-15(2)3)26-14-17-10-18(27-4)21(29-6)19(11-17)28-5/h8-12,15H,7,13-14H2,1-6H3,(H2,23,25,26). The Bertz CT molecular complexity index is 797. The number of methoxy groups -OCH3 is 3. The lowest BCUT2D eigenvalue weighted by atomic mass is 10.2. The van der Waals surface area contributed by atoms with Gasteiger partial charge in [0.2, 0.25) is 11.6 Å². The third-order valence-electron chi connectivity index (χ3n) is 4.10. The number of ether oxygens (including phenoxy) is 4. The molecule has 0 fully saturated rings. The van der Waals surface area contributed by atoms with Crippen molar-refractivity contribution in [2.45, 2.75) is 40.0 Å². The number of pyridine rings is 1. The van der Waals surface area contributed by atoms with Gasteiger partial charge in [-0.1, -0.05) is 6.07 Å². The molecule has 0 saturated heterocycles. The van der Waals surface area contributed by atoms with E-state index in [9.17, 15) is 0 Å². The van der Waals surface area contributed by atoms with E-state index in [-0.39, 0.29) is 6.10 Å². The summed E-state index contributed by atoms with van der Waals surface area (Å²) < 4.78 is 21.8. The van der Waals surface area contributed by atoms with Crippen molar-refractivity contribution in [1.29, 1.82) is 0 Å². The number of hydrogen-bond acceptors (Lipinski definition) is 6. The summed E-state index contributed by atoms with van der Waals surface area (Å²) in [6.07, 6.45) is 1.90. The van der Waals surface area contributed by atoms with E-state index in [4.69, 9.17) is 18.9 Å². The van der Waals surface area contributed by atoms with Gasteiger partial charge in [-0.05, 0) is 44.0 Å². The molecule has 2 rings (SSSR count). The number of guanidine groups is 1. The van der Waals surface area contributed by atoms with Crippen LogP contribution in [0, 0.1) is 0 Å². The molecule has 0 spiro atoms. The first kappa shape index (κ1) is 23.1. The summed E-state index contributed by atoms with van der Waals surface area (Å²) >= 11 is 0. The average molecular weight is 417 g/mol. The van der Waals surface area contributed by atoms with E-state index in [1.165, 1.54) is 0 Å². The van der Waals surface area contributed by atoms with Crippen molar-refractivity contribution in [3.63, 3.8) is 0 Å². The maximum atomic E-state index is 5.58. The van der Waals surface area contributed by atoms with Crippen molar-refractivity contribution in [3.8, 4) is 23.1 Å². The lowest BCUT2D eigenvalue weighted by molar-refractivity contribution is 0.232. The minimum Gasteiger partial charge on any atom is -0.493 e. The molecule has 1 heterocycles. The molecule has 2 N–H and O–H groups in total. The topological polar surface area (TPSA) is 86.2 Å². The van der Waals surface area contributed by atoms with Gasteiger partial charge < -0.3 is 29.6 Å². The average Bonchev–Trinajstić information content (AvgIpc) is 2.75. The molecule has 8 heteroatoms. The first-order valence-corrected chi connectivity index (χ1v) is 9.93. The fourth-order valence-electron chi connectivity index (χ4n) is 2.75. The van der Waals surface area contributed by atoms with Crippen LogP contribution in [0.3, 0.4) is 0 Å². The van der Waals surface area contributed by atoms with Gasteiger partial charge in [-0.2, -0.15) is 0 Å². The predicted octanol–water partition coefficient (Wildman–Crippen LogP) is 3.15. The Kier molecular flexibility index (Phi) is 9.05. The Morgan fingerprint density at radius 2 is 1.70 bits per heavy atom. The second-order valence-electron chi connectivity index (χ2n) is 6.75. The minimum atomic E-state index is 0.101. The first-order chi connectivity index (χ1) is 14.5. The summed E-state index contributed by atoms with van der Waals surface area (Å²) in [4.78, 5) is 8.99. The van der Waals surface area contributed by atoms with Gasteiger partial charge in [0.05, 0.1) is 34.0 Å². The Labute approximate surface area is 178 Å². The molecule has 0 aliphatic carbocycles. The fraction of sp³-hybridized carbons (Fsp3) is 0.455. The molecular formula is C22H32N4O4. The zero-order valence-corrected chi connectivity index (χ0v) is 18.6. The number of benzene rings is 1. The zero-order chi connectivity index (χ0) is 21.9. The molecule has 0 radical (unpaired) electrons. The van der Waals surface area contributed by atoms with Crippen LogP contribution in [0.2, 0.25) is 0 Å². The first-order valence-electron chi connectivity index (χ1n) is 9.93. The molecule has 8 nitrogen and oxygen atoms in total. The van der Waals surface area contributed by atoms with E-state index in [2.05, 4.69) is 20.6 Å². The van der Waals surface area contributed by atoms with Gasteiger partial charge >= 0.3 is 0 Å². The maximum absolute atomic E-state index is 5.58. The van der Waals surface area contributed by atoms with E-state index in [0.717, 1.165) is 17.7 Å². The maximum Gasteiger partial charge on any atom is 0.213 e. The zero-order valence-electron chi connectivity index (χ0n) is 18.6. The number of aliphatic imine (C=N–C) groups is 1. The van der Waals surface area contributed by atoms with Gasteiger partial charge in [-0.25, -0.2) is 9.98 Å². The number of nitrogens with zero attached hydrogens (tertiary/aromatic N) is 2. The van der Waals surface area contributed by atoms with Crippen LogP contribution in [-0.4, -0.2) is 44.9 Å². The molecule has 0 atom stereocenters. The largest absolute Gasteiger partial charge is 0.493 e. The van der Waals surface area contributed by atoms with Gasteiger partial charge in [0, 0.05) is 25.4 Å². The van der Waals surface area contributed by atoms with Crippen LogP contribution in [0.25, 0.3) is 0 Å². The van der Waals surface area contributed by atoms with Gasteiger partial charge in [-0.3, -0.25) is 0 Å². The lowest BCUT2D eigenvalue weighted by Crippen LogP contribution is -2.36. The Balaban J connectivity index is 2.07. The van der Waals surface area contributed by atoms with Crippen LogP contribution in [0.4, 0.5) is 0 Å². The molecule has 0 unspecified atom stereocenters. The number of rotatable bonds is 10. The van der Waals surface area contributed by atoms with Crippen LogP contribution in [-0.2, 0) is 13.1 Å². The number of nitrogens with one attached hydrogen (secondary N) is 2. The van der Waals surface area contributed by atoms with Gasteiger partial charge in [0.1, 0.15) is 0 Å². The third kappa shape index (κ3) is 6.72. The molecule has 0 aliphatic rings. The SMILES string of the molecule is CCNC(=NCc1cc(OC)c(OC)c(OC)c1)NCc1ccc(OC(C)C)nc1. The highest BCUT2D eigenvalue weighted by Crippen LogP contribution is 2.38. The van der Waals surface area contributed by atoms with E-state index < -0.39 is 0 Å². The van der Waals surface area contributed by atoms with Crippen LogP contribution < -0.4 is 29.6 Å². The summed E-state index contributed by atoms with van der Waals surface area (Å²) in [5, 5.41) is 6.57. The van der Waals surface area contributed by atoms with Crippen molar-refractivity contribution in [2.24, 2.45) is 4.99 Å². The summed E-state index contributed by atoms with van der Waals surface area (Å²) in [6.45, 7) is 7.77. The van der Waals surface area contributed by atoms with E-state index in [1.54, 1.807) is 27.5 Å². The monoisotopic (exact) mass is 416 g/mol. The van der Waals surface area contributed by atoms with Gasteiger partial charge in [-0.15, -0.1) is 0 Å². The van der Waals surface area contributed by atoms with Crippen LogP contribution >= 0.6 is 0 Å². The normalized spacial score (nSPS) is 11.2. The summed E-state index contributed by atoms with van der Waals surface area (Å²) in [5.41, 5.74) is 1.98. The van der Waals surface area contributed by atoms with Gasteiger partial charge in [0.15, 0.2) is 17.5 Å². The molecule has 1 aromatic carbocycles. The Morgan fingerprint density at radius 3 is 2.20 bits per heavy atom. The summed E-state index contributed by atoms with van der Waals surface area (Å²) in [7, 11) is 4.78. The van der Waals surface area contributed by atoms with Crippen LogP contribution in [0.5, 0.6) is 23.1 Å². The predicted molar refractivity (Wildman–Crippen MR) is 118 cm³/mol. The van der Waals surface area contributed by atoms with E-state index >= 15 is 0 Å². The molecule has 0 saturated carbocycles. The van der Waals surface area contributed by atoms with E-state index in [1.807, 2.05) is 45.0 Å². The van der Waals surface area contributed by atoms with Crippen molar-refractivity contribution in [1.82, 2.24) is 15.6 Å². The highest BCUT2D eigenvalue weighted by Gasteiger charge is 2.13. The molecule has 0 amide bonds. The van der Waals surface area contributed by atoms with Crippen LogP contribution in [0.1, 0.15) is 31.9 Å². The molecule has 164 valence electrons. The van der Waals surface area contributed by atoms with Crippen molar-refractivity contribution < 1.29 is 18.9 Å². The van der Waals surface area contributed by atoms with E-state index in [0.29, 0.717) is 42.2 Å². The highest BCUT2D eigenvalue weighted by molar-refractivity contribution is 5.79. The fourth-order valence-corrected chi connectivity index (χ4v) is 2.75. The Hall–Kier alpha value is -3.16. The second-order valence-corrected chi connectivity index (χ2v) is 6.75. The third-order valence-corrected chi connectivity index (χ3v) is 4.10. The summed E-state index contributed by atoms with van der Waals surface area (Å²) in [5.74, 6) is 3.10. The molecular weight excluding hydrogens is 384 g/mol. The molecule has 0 bridgehead atoms. The van der Waals surface area contributed by atoms with Crippen molar-refractivity contribution >= 4 is 5.96 Å². The van der Waals surface area contributed by atoms with Crippen molar-refractivity contribution in [3.05, 3.63) is 41.6 Å². The van der Waals surface area contributed by atoms with Crippen LogP contribution in [0.15, 0.2) is 35.5 Å². The number of aromatic nitrogens is 1. The van der Waals surface area contributed by atoms with Crippen molar-refractivity contribution in [2.75, 3.05) is 27.9 Å². The number of hydrogen-bond donors (Lipinski definition) is 2. The molecule has 2 aromatic rings. The minimum absolute atomic E-state index is 0.101.